The van der Waals surface area contributed by atoms with Gasteiger partial charge in [0, 0.05) is 12.3 Å². The molecule has 3 rings (SSSR count). The molecule has 0 spiro atoms. The highest BCUT2D eigenvalue weighted by Crippen LogP contribution is 2.32. The molecule has 7 heteroatoms. The molecule has 0 saturated heterocycles. The van der Waals surface area contributed by atoms with Gasteiger partial charge in [0.1, 0.15) is 13.2 Å². The Kier molecular flexibility index (Phi) is 3.35. The Morgan fingerprint density at radius 3 is 2.75 bits per heavy atom. The minimum atomic E-state index is -3.35. The average Bonchev–Trinajstić information content (AvgIpc) is 2.98. The zero-order valence-electron chi connectivity index (χ0n) is 10.7. The van der Waals surface area contributed by atoms with Gasteiger partial charge in [0.25, 0.3) is 0 Å². The van der Waals surface area contributed by atoms with Crippen LogP contribution in [0.1, 0.15) is 5.56 Å². The first-order chi connectivity index (χ1) is 9.65. The molecule has 1 aliphatic rings. The molecule has 2 aromatic rings. The third-order valence-electron chi connectivity index (χ3n) is 3.09. The third-order valence-corrected chi connectivity index (χ3v) is 4.80. The average molecular weight is 294 g/mol. The molecule has 0 fully saturated rings. The lowest BCUT2D eigenvalue weighted by Gasteiger charge is -2.18. The quantitative estimate of drug-likeness (QED) is 0.916. The van der Waals surface area contributed by atoms with E-state index in [2.05, 4.69) is 10.2 Å². The Hall–Kier alpha value is -2.02. The van der Waals surface area contributed by atoms with Crippen LogP contribution >= 0.6 is 0 Å². The highest BCUT2D eigenvalue weighted by Gasteiger charge is 2.19. The van der Waals surface area contributed by atoms with Crippen molar-refractivity contribution in [2.75, 3.05) is 19.0 Å². The highest BCUT2D eigenvalue weighted by molar-refractivity contribution is 7.91. The Morgan fingerprint density at radius 2 is 2.00 bits per heavy atom. The van der Waals surface area contributed by atoms with Gasteiger partial charge in [0.15, 0.2) is 21.3 Å². The van der Waals surface area contributed by atoms with E-state index in [1.54, 1.807) is 24.5 Å². The lowest BCUT2D eigenvalue weighted by Crippen LogP contribution is -2.16. The fraction of sp³-hybridized carbons (Fsp3) is 0.308. The van der Waals surface area contributed by atoms with Gasteiger partial charge >= 0.3 is 0 Å². The normalized spacial score (nSPS) is 14.2. The van der Waals surface area contributed by atoms with Gasteiger partial charge in [-0.15, -0.1) is 0 Å². The maximum absolute atomic E-state index is 12.3. The van der Waals surface area contributed by atoms with Gasteiger partial charge in [-0.3, -0.25) is 5.10 Å². The summed E-state index contributed by atoms with van der Waals surface area (Å²) in [5.41, 5.74) is 0.867. The summed E-state index contributed by atoms with van der Waals surface area (Å²) >= 11 is 0. The second kappa shape index (κ2) is 5.16. The lowest BCUT2D eigenvalue weighted by atomic mass is 10.3. The topological polar surface area (TPSA) is 81.3 Å². The molecular weight excluding hydrogens is 280 g/mol. The van der Waals surface area contributed by atoms with Crippen LogP contribution in [0.4, 0.5) is 0 Å². The van der Waals surface area contributed by atoms with Crippen molar-refractivity contribution in [2.24, 2.45) is 0 Å². The molecule has 0 atom stereocenters. The number of aromatic nitrogens is 2. The van der Waals surface area contributed by atoms with Crippen LogP contribution in [0, 0.1) is 0 Å². The summed E-state index contributed by atoms with van der Waals surface area (Å²) in [5, 5.41) is 6.46. The van der Waals surface area contributed by atoms with Crippen molar-refractivity contribution in [3.63, 3.8) is 0 Å². The van der Waals surface area contributed by atoms with E-state index in [9.17, 15) is 8.42 Å². The molecule has 20 heavy (non-hydrogen) atoms. The number of aromatic amines is 1. The van der Waals surface area contributed by atoms with Crippen LogP contribution in [-0.4, -0.2) is 37.6 Å². The standard InChI is InChI=1S/C13H14N2O4S/c16-20(17,6-3-10-8-14-15-9-10)11-1-2-12-13(7-11)19-5-4-18-12/h1-2,7-9H,3-6H2,(H,14,15). The number of hydrogen-bond donors (Lipinski definition) is 1. The van der Waals surface area contributed by atoms with Crippen molar-refractivity contribution in [3.05, 3.63) is 36.2 Å². The minimum absolute atomic E-state index is 0.0339. The molecule has 6 nitrogen and oxygen atoms in total. The van der Waals surface area contributed by atoms with E-state index < -0.39 is 9.84 Å². The molecule has 0 unspecified atom stereocenters. The van der Waals surface area contributed by atoms with Crippen LogP contribution in [-0.2, 0) is 16.3 Å². The van der Waals surface area contributed by atoms with Crippen LogP contribution in [0.3, 0.4) is 0 Å². The van der Waals surface area contributed by atoms with Gasteiger partial charge < -0.3 is 9.47 Å². The van der Waals surface area contributed by atoms with Crippen molar-refractivity contribution in [2.45, 2.75) is 11.3 Å². The summed E-state index contributed by atoms with van der Waals surface area (Å²) in [6, 6.07) is 4.72. The van der Waals surface area contributed by atoms with E-state index in [0.717, 1.165) is 5.56 Å². The molecule has 0 saturated carbocycles. The van der Waals surface area contributed by atoms with Crippen molar-refractivity contribution < 1.29 is 17.9 Å². The fourth-order valence-electron chi connectivity index (χ4n) is 2.00. The third kappa shape index (κ3) is 2.62. The van der Waals surface area contributed by atoms with Crippen molar-refractivity contribution in [1.29, 1.82) is 0 Å². The summed E-state index contributed by atoms with van der Waals surface area (Å²) in [7, 11) is -3.35. The number of hydrogen-bond acceptors (Lipinski definition) is 5. The SMILES string of the molecule is O=S(=O)(CCc1cn[nH]c1)c1ccc2c(c1)OCCO2. The van der Waals surface area contributed by atoms with Crippen molar-refractivity contribution in [1.82, 2.24) is 10.2 Å². The van der Waals surface area contributed by atoms with E-state index in [-0.39, 0.29) is 10.6 Å². The smallest absolute Gasteiger partial charge is 0.178 e. The summed E-state index contributed by atoms with van der Waals surface area (Å²) < 4.78 is 35.4. The van der Waals surface area contributed by atoms with Gasteiger partial charge in [0.05, 0.1) is 16.8 Å². The monoisotopic (exact) mass is 294 g/mol. The van der Waals surface area contributed by atoms with Crippen LogP contribution in [0.15, 0.2) is 35.5 Å². The highest BCUT2D eigenvalue weighted by atomic mass is 32.2. The molecule has 106 valence electrons. The van der Waals surface area contributed by atoms with Gasteiger partial charge in [-0.25, -0.2) is 8.42 Å². The van der Waals surface area contributed by atoms with Crippen LogP contribution in [0.5, 0.6) is 11.5 Å². The molecule has 0 aliphatic carbocycles. The zero-order chi connectivity index (χ0) is 14.0. The van der Waals surface area contributed by atoms with E-state index in [4.69, 9.17) is 9.47 Å². The minimum Gasteiger partial charge on any atom is -0.486 e. The maximum Gasteiger partial charge on any atom is 0.178 e. The van der Waals surface area contributed by atoms with E-state index >= 15 is 0 Å². The van der Waals surface area contributed by atoms with E-state index in [1.807, 2.05) is 0 Å². The van der Waals surface area contributed by atoms with E-state index in [1.165, 1.54) is 6.07 Å². The van der Waals surface area contributed by atoms with Crippen molar-refractivity contribution in [3.8, 4) is 11.5 Å². The first-order valence-electron chi connectivity index (χ1n) is 6.25. The molecule has 1 aromatic heterocycles. The predicted molar refractivity (Wildman–Crippen MR) is 71.8 cm³/mol. The summed E-state index contributed by atoms with van der Waals surface area (Å²) in [4.78, 5) is 0.255. The predicted octanol–water partition coefficient (Wildman–Crippen LogP) is 1.20. The number of fused-ring (bicyclic) bond motifs is 1. The summed E-state index contributed by atoms with van der Waals surface area (Å²) in [6.07, 6.45) is 3.74. The molecule has 2 heterocycles. The van der Waals surface area contributed by atoms with Crippen molar-refractivity contribution >= 4 is 9.84 Å². The van der Waals surface area contributed by atoms with Crippen LogP contribution < -0.4 is 9.47 Å². The number of sulfone groups is 1. The number of benzene rings is 1. The Labute approximate surface area is 116 Å². The van der Waals surface area contributed by atoms with Gasteiger partial charge in [-0.2, -0.15) is 5.10 Å². The molecule has 1 aliphatic heterocycles. The molecule has 0 radical (unpaired) electrons. The molecule has 0 bridgehead atoms. The second-order valence-electron chi connectivity index (χ2n) is 4.48. The molecule has 1 aromatic carbocycles. The number of ether oxygens (including phenoxy) is 2. The maximum atomic E-state index is 12.3. The Balaban J connectivity index is 1.80. The first-order valence-corrected chi connectivity index (χ1v) is 7.90. The molecular formula is C13H14N2O4S. The zero-order valence-corrected chi connectivity index (χ0v) is 11.5. The van der Waals surface area contributed by atoms with Gasteiger partial charge in [-0.1, -0.05) is 0 Å². The van der Waals surface area contributed by atoms with Crippen LogP contribution in [0.25, 0.3) is 0 Å². The molecule has 0 amide bonds. The second-order valence-corrected chi connectivity index (χ2v) is 6.59. The number of nitrogens with one attached hydrogen (secondary N) is 1. The number of nitrogens with zero attached hydrogens (tertiary/aromatic N) is 1. The van der Waals surface area contributed by atoms with Crippen LogP contribution in [0.2, 0.25) is 0 Å². The molecule has 1 N–H and O–H groups in total. The number of aryl methyl sites for hydroxylation is 1. The van der Waals surface area contributed by atoms with Gasteiger partial charge in [0.2, 0.25) is 0 Å². The largest absolute Gasteiger partial charge is 0.486 e. The number of H-pyrrole nitrogens is 1. The lowest BCUT2D eigenvalue weighted by molar-refractivity contribution is 0.171. The summed E-state index contributed by atoms with van der Waals surface area (Å²) in [6.45, 7) is 0.922. The Morgan fingerprint density at radius 1 is 1.20 bits per heavy atom. The first kappa shape index (κ1) is 13.0. The van der Waals surface area contributed by atoms with E-state index in [0.29, 0.717) is 31.1 Å². The Bertz CT molecular complexity index is 695. The fourth-order valence-corrected chi connectivity index (χ4v) is 3.30. The van der Waals surface area contributed by atoms with Gasteiger partial charge in [-0.05, 0) is 24.1 Å². The number of rotatable bonds is 4. The summed E-state index contributed by atoms with van der Waals surface area (Å²) in [5.74, 6) is 1.11.